The molecule has 1 saturated heterocycles. The summed E-state index contributed by atoms with van der Waals surface area (Å²) in [4.78, 5) is 0.262. The fourth-order valence-corrected chi connectivity index (χ4v) is 4.86. The maximum atomic E-state index is 12.7. The van der Waals surface area contributed by atoms with Crippen molar-refractivity contribution < 1.29 is 8.42 Å². The van der Waals surface area contributed by atoms with Gasteiger partial charge in [0.15, 0.2) is 0 Å². The van der Waals surface area contributed by atoms with E-state index in [2.05, 4.69) is 15.9 Å². The lowest BCUT2D eigenvalue weighted by atomic mass is 9.96. The van der Waals surface area contributed by atoms with Crippen LogP contribution in [-0.4, -0.2) is 31.9 Å². The van der Waals surface area contributed by atoms with E-state index in [-0.39, 0.29) is 16.9 Å². The van der Waals surface area contributed by atoms with Crippen LogP contribution in [0.5, 0.6) is 0 Å². The lowest BCUT2D eigenvalue weighted by Crippen LogP contribution is -2.46. The van der Waals surface area contributed by atoms with Gasteiger partial charge >= 0.3 is 0 Å². The Labute approximate surface area is 133 Å². The van der Waals surface area contributed by atoms with Gasteiger partial charge in [-0.3, -0.25) is 0 Å². The molecule has 2 N–H and O–H groups in total. The molecule has 1 aromatic carbocycles. The Kier molecular flexibility index (Phi) is 5.13. The smallest absolute Gasteiger partial charge is 0.243 e. The second kappa shape index (κ2) is 6.32. The molecule has 1 aliphatic heterocycles. The number of benzene rings is 1. The first-order chi connectivity index (χ1) is 9.36. The summed E-state index contributed by atoms with van der Waals surface area (Å²) in [6, 6.07) is 4.68. The van der Waals surface area contributed by atoms with Gasteiger partial charge in [0, 0.05) is 17.1 Å². The molecule has 1 fully saturated rings. The largest absolute Gasteiger partial charge is 0.330 e. The fourth-order valence-electron chi connectivity index (χ4n) is 2.45. The molecule has 1 heterocycles. The predicted octanol–water partition coefficient (Wildman–Crippen LogP) is 2.85. The van der Waals surface area contributed by atoms with Crippen molar-refractivity contribution in [1.29, 1.82) is 0 Å². The van der Waals surface area contributed by atoms with Crippen molar-refractivity contribution in [1.82, 2.24) is 4.31 Å². The zero-order chi connectivity index (χ0) is 14.9. The summed E-state index contributed by atoms with van der Waals surface area (Å²) < 4.78 is 27.6. The lowest BCUT2D eigenvalue weighted by Gasteiger charge is -2.36. The van der Waals surface area contributed by atoms with Gasteiger partial charge in [0.05, 0.1) is 9.92 Å². The fraction of sp³-hybridized carbons (Fsp3) is 0.538. The Bertz CT molecular complexity index is 594. The van der Waals surface area contributed by atoms with Crippen molar-refractivity contribution >= 4 is 37.6 Å². The summed E-state index contributed by atoms with van der Waals surface area (Å²) in [5.74, 6) is 0.233. The SMILES string of the molecule is CC1CCC(CN)CN1S(=O)(=O)c1ccc(Cl)c(Br)c1. The first-order valence-electron chi connectivity index (χ1n) is 6.53. The molecule has 20 heavy (non-hydrogen) atoms. The van der Waals surface area contributed by atoms with Crippen LogP contribution in [0.4, 0.5) is 0 Å². The summed E-state index contributed by atoms with van der Waals surface area (Å²) in [5, 5.41) is 0.496. The van der Waals surface area contributed by atoms with Gasteiger partial charge in [-0.1, -0.05) is 11.6 Å². The number of hydrogen-bond donors (Lipinski definition) is 1. The molecule has 7 heteroatoms. The van der Waals surface area contributed by atoms with Gasteiger partial charge in [-0.2, -0.15) is 4.31 Å². The second-order valence-corrected chi connectivity index (χ2v) is 8.33. The highest BCUT2D eigenvalue weighted by Gasteiger charge is 2.34. The monoisotopic (exact) mass is 380 g/mol. The van der Waals surface area contributed by atoms with E-state index in [1.54, 1.807) is 22.5 Å². The third-order valence-electron chi connectivity index (χ3n) is 3.75. The number of rotatable bonds is 3. The molecular weight excluding hydrogens is 364 g/mol. The predicted molar refractivity (Wildman–Crippen MR) is 84.3 cm³/mol. The Morgan fingerprint density at radius 1 is 1.45 bits per heavy atom. The number of nitrogens with zero attached hydrogens (tertiary/aromatic N) is 1. The van der Waals surface area contributed by atoms with E-state index >= 15 is 0 Å². The Morgan fingerprint density at radius 3 is 2.75 bits per heavy atom. The Morgan fingerprint density at radius 2 is 2.15 bits per heavy atom. The van der Waals surface area contributed by atoms with Crippen LogP contribution >= 0.6 is 27.5 Å². The van der Waals surface area contributed by atoms with Gasteiger partial charge in [-0.05, 0) is 66.4 Å². The number of piperidine rings is 1. The summed E-state index contributed by atoms with van der Waals surface area (Å²) in [6.45, 7) is 2.94. The normalized spacial score (nSPS) is 24.8. The molecule has 2 atom stereocenters. The molecule has 1 aromatic rings. The molecule has 1 aliphatic rings. The number of halogens is 2. The molecule has 4 nitrogen and oxygen atoms in total. The van der Waals surface area contributed by atoms with Crippen molar-refractivity contribution in [2.75, 3.05) is 13.1 Å². The summed E-state index contributed by atoms with van der Waals surface area (Å²) >= 11 is 9.19. The van der Waals surface area contributed by atoms with Crippen LogP contribution in [-0.2, 0) is 10.0 Å². The van der Waals surface area contributed by atoms with E-state index in [4.69, 9.17) is 17.3 Å². The number of sulfonamides is 1. The molecule has 0 aliphatic carbocycles. The highest BCUT2D eigenvalue weighted by atomic mass is 79.9. The van der Waals surface area contributed by atoms with Crippen LogP contribution in [0.2, 0.25) is 5.02 Å². The minimum Gasteiger partial charge on any atom is -0.330 e. The molecule has 112 valence electrons. The Hall–Kier alpha value is -0.140. The Balaban J connectivity index is 2.35. The van der Waals surface area contributed by atoms with Crippen molar-refractivity contribution in [2.45, 2.75) is 30.7 Å². The van der Waals surface area contributed by atoms with Crippen LogP contribution in [0, 0.1) is 5.92 Å². The first kappa shape index (κ1) is 16.2. The number of nitrogens with two attached hydrogens (primary N) is 1. The van der Waals surface area contributed by atoms with Crippen LogP contribution in [0.3, 0.4) is 0 Å². The molecule has 0 amide bonds. The molecule has 0 aromatic heterocycles. The minimum absolute atomic E-state index is 0.00254. The van der Waals surface area contributed by atoms with E-state index in [1.165, 1.54) is 0 Å². The average molecular weight is 382 g/mol. The van der Waals surface area contributed by atoms with Gasteiger partial charge in [0.1, 0.15) is 0 Å². The van der Waals surface area contributed by atoms with E-state index in [0.29, 0.717) is 22.6 Å². The van der Waals surface area contributed by atoms with Gasteiger partial charge in [0.25, 0.3) is 0 Å². The summed E-state index contributed by atoms with van der Waals surface area (Å²) in [7, 11) is -3.50. The van der Waals surface area contributed by atoms with Gasteiger partial charge < -0.3 is 5.73 Å². The molecule has 0 spiro atoms. The third-order valence-corrected chi connectivity index (χ3v) is 6.94. The zero-order valence-corrected chi connectivity index (χ0v) is 14.4. The maximum Gasteiger partial charge on any atom is 0.243 e. The third kappa shape index (κ3) is 3.20. The molecule has 2 unspecified atom stereocenters. The topological polar surface area (TPSA) is 63.4 Å². The number of hydrogen-bond acceptors (Lipinski definition) is 3. The molecule has 0 radical (unpaired) electrons. The van der Waals surface area contributed by atoms with Crippen LogP contribution in [0.1, 0.15) is 19.8 Å². The summed E-state index contributed by atoms with van der Waals surface area (Å²) in [5.41, 5.74) is 5.69. The van der Waals surface area contributed by atoms with Crippen LogP contribution < -0.4 is 5.73 Å². The van der Waals surface area contributed by atoms with Crippen molar-refractivity contribution in [3.05, 3.63) is 27.7 Å². The van der Waals surface area contributed by atoms with Crippen molar-refractivity contribution in [2.24, 2.45) is 11.7 Å². The molecule has 0 saturated carbocycles. The van der Waals surface area contributed by atoms with E-state index in [0.717, 1.165) is 12.8 Å². The van der Waals surface area contributed by atoms with E-state index in [9.17, 15) is 8.42 Å². The average Bonchev–Trinajstić information content (AvgIpc) is 2.42. The first-order valence-corrected chi connectivity index (χ1v) is 9.14. The van der Waals surface area contributed by atoms with Crippen molar-refractivity contribution in [3.63, 3.8) is 0 Å². The van der Waals surface area contributed by atoms with Gasteiger partial charge in [0.2, 0.25) is 10.0 Å². The maximum absolute atomic E-state index is 12.7. The van der Waals surface area contributed by atoms with E-state index in [1.807, 2.05) is 6.92 Å². The van der Waals surface area contributed by atoms with Gasteiger partial charge in [-0.15, -0.1) is 0 Å². The molecule has 2 rings (SSSR count). The highest BCUT2D eigenvalue weighted by Crippen LogP contribution is 2.31. The van der Waals surface area contributed by atoms with Crippen molar-refractivity contribution in [3.8, 4) is 0 Å². The molecular formula is C13H18BrClN2O2S. The minimum atomic E-state index is -3.50. The summed E-state index contributed by atoms with van der Waals surface area (Å²) in [6.07, 6.45) is 1.82. The van der Waals surface area contributed by atoms with Crippen LogP contribution in [0.25, 0.3) is 0 Å². The van der Waals surface area contributed by atoms with Crippen LogP contribution in [0.15, 0.2) is 27.6 Å². The lowest BCUT2D eigenvalue weighted by molar-refractivity contribution is 0.211. The van der Waals surface area contributed by atoms with Gasteiger partial charge in [-0.25, -0.2) is 8.42 Å². The zero-order valence-electron chi connectivity index (χ0n) is 11.2. The second-order valence-electron chi connectivity index (χ2n) is 5.18. The standard InChI is InChI=1S/C13H18BrClN2O2S/c1-9-2-3-10(7-16)8-17(9)20(18,19)11-4-5-13(15)12(14)6-11/h4-6,9-10H,2-3,7-8,16H2,1H3. The quantitative estimate of drug-likeness (QED) is 0.875. The highest BCUT2D eigenvalue weighted by molar-refractivity contribution is 9.10. The van der Waals surface area contributed by atoms with E-state index < -0.39 is 10.0 Å². The molecule has 0 bridgehead atoms.